The Morgan fingerprint density at radius 2 is 1.90 bits per heavy atom. The second-order valence-electron chi connectivity index (χ2n) is 7.12. The van der Waals surface area contributed by atoms with Crippen LogP contribution in [0.3, 0.4) is 0 Å². The number of nitro benzene ring substituents is 1. The van der Waals surface area contributed by atoms with Crippen molar-refractivity contribution in [3.8, 4) is 5.75 Å². The molecule has 3 rings (SSSR count). The SMILES string of the molecule is CC1(C)N=C(N)N=C(N)N1c1ccc(OCCCc2ccccc2)c([N+](=O)[O-])c1. The highest BCUT2D eigenvalue weighted by Crippen LogP contribution is 2.35. The molecule has 0 amide bonds. The average Bonchev–Trinajstić information content (AvgIpc) is 2.65. The highest BCUT2D eigenvalue weighted by Gasteiger charge is 2.34. The van der Waals surface area contributed by atoms with Gasteiger partial charge in [0.15, 0.2) is 5.75 Å². The van der Waals surface area contributed by atoms with E-state index in [9.17, 15) is 10.1 Å². The van der Waals surface area contributed by atoms with Crippen molar-refractivity contribution in [1.29, 1.82) is 0 Å². The Bertz CT molecular complexity index is 956. The third kappa shape index (κ3) is 4.63. The fourth-order valence-corrected chi connectivity index (χ4v) is 3.26. The minimum Gasteiger partial charge on any atom is -0.487 e. The Morgan fingerprint density at radius 1 is 1.17 bits per heavy atom. The first-order valence-corrected chi connectivity index (χ1v) is 9.23. The van der Waals surface area contributed by atoms with Gasteiger partial charge in [-0.05, 0) is 44.4 Å². The maximum absolute atomic E-state index is 11.6. The summed E-state index contributed by atoms with van der Waals surface area (Å²) < 4.78 is 5.69. The maximum atomic E-state index is 11.6. The molecular weight excluding hydrogens is 372 g/mol. The van der Waals surface area contributed by atoms with Crippen molar-refractivity contribution in [3.05, 3.63) is 64.2 Å². The van der Waals surface area contributed by atoms with E-state index in [4.69, 9.17) is 16.2 Å². The number of rotatable bonds is 7. The van der Waals surface area contributed by atoms with Gasteiger partial charge in [0.2, 0.25) is 11.9 Å². The fraction of sp³-hybridized carbons (Fsp3) is 0.300. The summed E-state index contributed by atoms with van der Waals surface area (Å²) in [4.78, 5) is 21.0. The third-order valence-corrected chi connectivity index (χ3v) is 4.50. The molecular formula is C20H24N6O3. The van der Waals surface area contributed by atoms with Crippen LogP contribution < -0.4 is 21.1 Å². The molecule has 4 N–H and O–H groups in total. The van der Waals surface area contributed by atoms with Gasteiger partial charge in [-0.2, -0.15) is 4.99 Å². The van der Waals surface area contributed by atoms with E-state index >= 15 is 0 Å². The van der Waals surface area contributed by atoms with Gasteiger partial charge < -0.3 is 16.2 Å². The molecule has 0 spiro atoms. The number of nitro groups is 1. The first-order valence-electron chi connectivity index (χ1n) is 9.23. The standard InChI is InChI=1S/C20H24N6O3/c1-20(2)24-18(21)23-19(22)25(20)15-10-11-17(16(13-15)26(27)28)29-12-6-9-14-7-4-3-5-8-14/h3-5,7-8,10-11,13H,6,9,12H2,1-2H3,(H4,21,22,23,24). The highest BCUT2D eigenvalue weighted by atomic mass is 16.6. The number of hydrogen-bond acceptors (Lipinski definition) is 8. The molecule has 152 valence electrons. The van der Waals surface area contributed by atoms with Gasteiger partial charge in [-0.15, -0.1) is 0 Å². The van der Waals surface area contributed by atoms with Crippen LogP contribution in [0.1, 0.15) is 25.8 Å². The van der Waals surface area contributed by atoms with Crippen LogP contribution in [0.15, 0.2) is 58.5 Å². The van der Waals surface area contributed by atoms with Crippen LogP contribution in [0.5, 0.6) is 5.75 Å². The van der Waals surface area contributed by atoms with Crippen LogP contribution in [0.4, 0.5) is 11.4 Å². The van der Waals surface area contributed by atoms with Crippen LogP contribution in [0.25, 0.3) is 0 Å². The van der Waals surface area contributed by atoms with Gasteiger partial charge in [0.1, 0.15) is 5.66 Å². The van der Waals surface area contributed by atoms with Gasteiger partial charge in [0.25, 0.3) is 0 Å². The number of nitrogens with zero attached hydrogens (tertiary/aromatic N) is 4. The molecule has 0 saturated carbocycles. The summed E-state index contributed by atoms with van der Waals surface area (Å²) in [5.41, 5.74) is 12.4. The largest absolute Gasteiger partial charge is 0.487 e. The second-order valence-corrected chi connectivity index (χ2v) is 7.12. The fourth-order valence-electron chi connectivity index (χ4n) is 3.26. The molecule has 2 aromatic rings. The van der Waals surface area contributed by atoms with Gasteiger partial charge in [-0.25, -0.2) is 4.99 Å². The van der Waals surface area contributed by atoms with Gasteiger partial charge >= 0.3 is 5.69 Å². The number of aliphatic imine (C=N–C) groups is 2. The van der Waals surface area contributed by atoms with E-state index in [0.29, 0.717) is 12.3 Å². The van der Waals surface area contributed by atoms with Crippen LogP contribution in [-0.2, 0) is 6.42 Å². The lowest BCUT2D eigenvalue weighted by Crippen LogP contribution is -2.54. The van der Waals surface area contributed by atoms with Gasteiger partial charge in [-0.1, -0.05) is 30.3 Å². The lowest BCUT2D eigenvalue weighted by molar-refractivity contribution is -0.385. The quantitative estimate of drug-likeness (QED) is 0.420. The molecule has 1 heterocycles. The smallest absolute Gasteiger partial charge is 0.312 e. The summed E-state index contributed by atoms with van der Waals surface area (Å²) in [7, 11) is 0. The zero-order valence-electron chi connectivity index (χ0n) is 16.4. The van der Waals surface area contributed by atoms with E-state index < -0.39 is 10.6 Å². The van der Waals surface area contributed by atoms with E-state index in [1.807, 2.05) is 30.3 Å². The van der Waals surface area contributed by atoms with Crippen molar-refractivity contribution >= 4 is 23.3 Å². The van der Waals surface area contributed by atoms with Crippen molar-refractivity contribution in [3.63, 3.8) is 0 Å². The maximum Gasteiger partial charge on any atom is 0.312 e. The molecule has 29 heavy (non-hydrogen) atoms. The number of aryl methyl sites for hydroxylation is 1. The molecule has 1 aliphatic heterocycles. The minimum absolute atomic E-state index is 0.0663. The predicted molar refractivity (Wildman–Crippen MR) is 113 cm³/mol. The highest BCUT2D eigenvalue weighted by molar-refractivity contribution is 6.05. The number of guanidine groups is 2. The molecule has 0 saturated heterocycles. The van der Waals surface area contributed by atoms with Gasteiger partial charge in [0, 0.05) is 6.07 Å². The first-order chi connectivity index (χ1) is 13.8. The number of benzene rings is 2. The van der Waals surface area contributed by atoms with Gasteiger partial charge in [-0.3, -0.25) is 15.0 Å². The molecule has 0 unspecified atom stereocenters. The molecule has 2 aromatic carbocycles. The van der Waals surface area contributed by atoms with Crippen molar-refractivity contribution in [2.75, 3.05) is 11.5 Å². The molecule has 0 fully saturated rings. The minimum atomic E-state index is -0.832. The van der Waals surface area contributed by atoms with E-state index in [-0.39, 0.29) is 23.4 Å². The Kier molecular flexibility index (Phi) is 5.67. The molecule has 0 aromatic heterocycles. The monoisotopic (exact) mass is 396 g/mol. The number of hydrogen-bond donors (Lipinski definition) is 2. The Hall–Kier alpha value is -3.62. The Morgan fingerprint density at radius 3 is 2.55 bits per heavy atom. The number of anilines is 1. The molecule has 1 aliphatic rings. The summed E-state index contributed by atoms with van der Waals surface area (Å²) in [6, 6.07) is 14.7. The van der Waals surface area contributed by atoms with E-state index in [1.165, 1.54) is 11.6 Å². The van der Waals surface area contributed by atoms with Crippen molar-refractivity contribution in [2.24, 2.45) is 21.5 Å². The van der Waals surface area contributed by atoms with E-state index in [0.717, 1.165) is 12.8 Å². The second kappa shape index (κ2) is 8.17. The lowest BCUT2D eigenvalue weighted by atomic mass is 10.1. The van der Waals surface area contributed by atoms with Crippen LogP contribution in [0, 0.1) is 10.1 Å². The zero-order valence-corrected chi connectivity index (χ0v) is 16.4. The summed E-state index contributed by atoms with van der Waals surface area (Å²) in [6.45, 7) is 3.96. The summed E-state index contributed by atoms with van der Waals surface area (Å²) >= 11 is 0. The first kappa shape index (κ1) is 20.1. The Balaban J connectivity index is 1.75. The molecule has 0 aliphatic carbocycles. The summed E-state index contributed by atoms with van der Waals surface area (Å²) in [5, 5.41) is 11.6. The predicted octanol–water partition coefficient (Wildman–Crippen LogP) is 2.79. The van der Waals surface area contributed by atoms with E-state index in [1.54, 1.807) is 30.9 Å². The molecule has 0 radical (unpaired) electrons. The summed E-state index contributed by atoms with van der Waals surface area (Å²) in [6.07, 6.45) is 1.58. The lowest BCUT2D eigenvalue weighted by Gasteiger charge is -2.38. The van der Waals surface area contributed by atoms with Crippen molar-refractivity contribution < 1.29 is 9.66 Å². The van der Waals surface area contributed by atoms with E-state index in [2.05, 4.69) is 9.98 Å². The normalized spacial score (nSPS) is 15.4. The number of ether oxygens (including phenoxy) is 1. The summed E-state index contributed by atoms with van der Waals surface area (Å²) in [5.74, 6) is 0.394. The average molecular weight is 396 g/mol. The third-order valence-electron chi connectivity index (χ3n) is 4.50. The molecule has 9 heteroatoms. The van der Waals surface area contributed by atoms with Crippen LogP contribution in [-0.4, -0.2) is 29.1 Å². The van der Waals surface area contributed by atoms with Crippen LogP contribution >= 0.6 is 0 Å². The van der Waals surface area contributed by atoms with Crippen molar-refractivity contribution in [1.82, 2.24) is 0 Å². The molecule has 9 nitrogen and oxygen atoms in total. The van der Waals surface area contributed by atoms with Gasteiger partial charge in [0.05, 0.1) is 17.2 Å². The van der Waals surface area contributed by atoms with Crippen molar-refractivity contribution in [2.45, 2.75) is 32.4 Å². The zero-order chi connectivity index (χ0) is 21.0. The van der Waals surface area contributed by atoms with Crippen LogP contribution in [0.2, 0.25) is 0 Å². The molecule has 0 bridgehead atoms. The number of nitrogens with two attached hydrogens (primary N) is 2. The topological polar surface area (TPSA) is 132 Å². The Labute approximate surface area is 168 Å². The molecule has 0 atom stereocenters.